The van der Waals surface area contributed by atoms with Crippen molar-refractivity contribution in [2.45, 2.75) is 13.5 Å². The van der Waals surface area contributed by atoms with E-state index < -0.39 is 5.97 Å². The fraction of sp³-hybridized carbons (Fsp3) is 0.200. The number of hydrogen-bond donors (Lipinski definition) is 2. The summed E-state index contributed by atoms with van der Waals surface area (Å²) in [6.07, 6.45) is 2.74. The van der Waals surface area contributed by atoms with Gasteiger partial charge in [0.1, 0.15) is 0 Å². The SMILES string of the molecule is Cc1cc(CNc2nccnc2C(=O)O)on1. The van der Waals surface area contributed by atoms with Crippen molar-refractivity contribution in [3.63, 3.8) is 0 Å². The van der Waals surface area contributed by atoms with E-state index >= 15 is 0 Å². The number of aromatic carboxylic acids is 1. The summed E-state index contributed by atoms with van der Waals surface area (Å²) in [5, 5.41) is 15.4. The number of hydrogen-bond acceptors (Lipinski definition) is 6. The highest BCUT2D eigenvalue weighted by Gasteiger charge is 2.12. The zero-order valence-corrected chi connectivity index (χ0v) is 9.04. The number of aryl methyl sites for hydroxylation is 1. The molecule has 2 heterocycles. The van der Waals surface area contributed by atoms with E-state index in [2.05, 4.69) is 20.4 Å². The first kappa shape index (κ1) is 11.1. The zero-order valence-electron chi connectivity index (χ0n) is 9.04. The van der Waals surface area contributed by atoms with Crippen molar-refractivity contribution in [1.29, 1.82) is 0 Å². The lowest BCUT2D eigenvalue weighted by Gasteiger charge is -2.04. The maximum atomic E-state index is 10.9. The molecule has 0 aliphatic carbocycles. The van der Waals surface area contributed by atoms with E-state index in [9.17, 15) is 4.79 Å². The Morgan fingerprint density at radius 2 is 2.24 bits per heavy atom. The average molecular weight is 234 g/mol. The summed E-state index contributed by atoms with van der Waals surface area (Å²) in [6.45, 7) is 2.11. The van der Waals surface area contributed by atoms with Gasteiger partial charge in [-0.25, -0.2) is 14.8 Å². The second-order valence-electron chi connectivity index (χ2n) is 3.35. The van der Waals surface area contributed by atoms with Gasteiger partial charge in [0, 0.05) is 18.5 Å². The van der Waals surface area contributed by atoms with Crippen molar-refractivity contribution in [3.8, 4) is 0 Å². The van der Waals surface area contributed by atoms with Crippen LogP contribution < -0.4 is 5.32 Å². The molecule has 0 spiro atoms. The second kappa shape index (κ2) is 4.60. The lowest BCUT2D eigenvalue weighted by atomic mass is 10.3. The molecule has 0 aromatic carbocycles. The van der Waals surface area contributed by atoms with Crippen molar-refractivity contribution in [2.75, 3.05) is 5.32 Å². The van der Waals surface area contributed by atoms with Crippen LogP contribution in [-0.4, -0.2) is 26.2 Å². The van der Waals surface area contributed by atoms with Gasteiger partial charge >= 0.3 is 5.97 Å². The van der Waals surface area contributed by atoms with Gasteiger partial charge in [-0.1, -0.05) is 5.16 Å². The van der Waals surface area contributed by atoms with Crippen molar-refractivity contribution in [1.82, 2.24) is 15.1 Å². The topological polar surface area (TPSA) is 101 Å². The first-order valence-electron chi connectivity index (χ1n) is 4.87. The molecule has 0 amide bonds. The molecule has 7 nitrogen and oxygen atoms in total. The van der Waals surface area contributed by atoms with E-state index in [-0.39, 0.29) is 11.5 Å². The first-order chi connectivity index (χ1) is 8.16. The molecule has 0 fully saturated rings. The van der Waals surface area contributed by atoms with E-state index in [1.165, 1.54) is 12.4 Å². The van der Waals surface area contributed by atoms with Gasteiger partial charge in [-0.15, -0.1) is 0 Å². The largest absolute Gasteiger partial charge is 0.476 e. The van der Waals surface area contributed by atoms with Crippen LogP contribution in [0.15, 0.2) is 23.0 Å². The molecule has 2 rings (SSSR count). The Morgan fingerprint density at radius 3 is 2.88 bits per heavy atom. The molecule has 17 heavy (non-hydrogen) atoms. The first-order valence-corrected chi connectivity index (χ1v) is 4.87. The van der Waals surface area contributed by atoms with Crippen LogP contribution in [0.1, 0.15) is 21.9 Å². The minimum absolute atomic E-state index is 0.122. The van der Waals surface area contributed by atoms with Gasteiger partial charge in [0.05, 0.1) is 12.2 Å². The molecule has 88 valence electrons. The Bertz CT molecular complexity index is 538. The maximum Gasteiger partial charge on any atom is 0.358 e. The zero-order chi connectivity index (χ0) is 12.3. The third kappa shape index (κ3) is 2.57. The fourth-order valence-corrected chi connectivity index (χ4v) is 1.29. The van der Waals surface area contributed by atoms with E-state index in [1.54, 1.807) is 13.0 Å². The van der Waals surface area contributed by atoms with Crippen molar-refractivity contribution < 1.29 is 14.4 Å². The normalized spacial score (nSPS) is 10.2. The summed E-state index contributed by atoms with van der Waals surface area (Å²) >= 11 is 0. The molecule has 2 aromatic heterocycles. The summed E-state index contributed by atoms with van der Waals surface area (Å²) in [7, 11) is 0. The van der Waals surface area contributed by atoms with E-state index in [1.807, 2.05) is 0 Å². The summed E-state index contributed by atoms with van der Waals surface area (Å²) in [5.74, 6) is -0.326. The number of nitrogens with one attached hydrogen (secondary N) is 1. The Morgan fingerprint density at radius 1 is 1.47 bits per heavy atom. The minimum atomic E-state index is -1.13. The van der Waals surface area contributed by atoms with E-state index in [4.69, 9.17) is 9.63 Å². The van der Waals surface area contributed by atoms with Crippen molar-refractivity contribution in [3.05, 3.63) is 35.6 Å². The van der Waals surface area contributed by atoms with Crippen LogP contribution in [0.3, 0.4) is 0 Å². The average Bonchev–Trinajstić information content (AvgIpc) is 2.73. The number of carbonyl (C=O) groups is 1. The Hall–Kier alpha value is -2.44. The van der Waals surface area contributed by atoms with Crippen LogP contribution in [0.2, 0.25) is 0 Å². The Kier molecular flexibility index (Phi) is 2.99. The number of rotatable bonds is 4. The van der Waals surface area contributed by atoms with Crippen LogP contribution in [0.25, 0.3) is 0 Å². The van der Waals surface area contributed by atoms with Crippen LogP contribution in [0, 0.1) is 6.92 Å². The molecular formula is C10H10N4O3. The molecule has 0 saturated heterocycles. The highest BCUT2D eigenvalue weighted by Crippen LogP contribution is 2.10. The number of aromatic nitrogens is 3. The van der Waals surface area contributed by atoms with Crippen LogP contribution in [-0.2, 0) is 6.54 Å². The molecule has 0 saturated carbocycles. The number of carboxylic acids is 1. The van der Waals surface area contributed by atoms with Crippen molar-refractivity contribution >= 4 is 11.8 Å². The summed E-state index contributed by atoms with van der Waals surface area (Å²) < 4.78 is 4.98. The van der Waals surface area contributed by atoms with E-state index in [0.717, 1.165) is 5.69 Å². The molecule has 0 aliphatic rings. The molecule has 2 N–H and O–H groups in total. The third-order valence-corrected chi connectivity index (χ3v) is 2.01. The molecular weight excluding hydrogens is 224 g/mol. The smallest absolute Gasteiger partial charge is 0.358 e. The van der Waals surface area contributed by atoms with Gasteiger partial charge in [-0.05, 0) is 6.92 Å². The molecule has 0 unspecified atom stereocenters. The molecule has 2 aromatic rings. The van der Waals surface area contributed by atoms with Gasteiger partial charge in [-0.3, -0.25) is 0 Å². The molecule has 7 heteroatoms. The molecule has 0 radical (unpaired) electrons. The molecule has 0 bridgehead atoms. The number of anilines is 1. The minimum Gasteiger partial charge on any atom is -0.476 e. The fourth-order valence-electron chi connectivity index (χ4n) is 1.29. The molecule has 0 aliphatic heterocycles. The second-order valence-corrected chi connectivity index (χ2v) is 3.35. The highest BCUT2D eigenvalue weighted by molar-refractivity contribution is 5.90. The van der Waals surface area contributed by atoms with Crippen LogP contribution in [0.5, 0.6) is 0 Å². The van der Waals surface area contributed by atoms with Gasteiger partial charge in [0.25, 0.3) is 0 Å². The summed E-state index contributed by atoms with van der Waals surface area (Å²) in [5.41, 5.74) is 0.642. The van der Waals surface area contributed by atoms with Crippen molar-refractivity contribution in [2.24, 2.45) is 0 Å². The van der Waals surface area contributed by atoms with Crippen LogP contribution >= 0.6 is 0 Å². The lowest BCUT2D eigenvalue weighted by Crippen LogP contribution is -2.09. The van der Waals surface area contributed by atoms with Gasteiger partial charge in [0.15, 0.2) is 17.3 Å². The third-order valence-electron chi connectivity index (χ3n) is 2.01. The summed E-state index contributed by atoms with van der Waals surface area (Å²) in [6, 6.07) is 1.75. The molecule has 0 atom stereocenters. The van der Waals surface area contributed by atoms with Gasteiger partial charge in [0.2, 0.25) is 0 Å². The van der Waals surface area contributed by atoms with Crippen LogP contribution in [0.4, 0.5) is 5.82 Å². The Balaban J connectivity index is 2.11. The predicted molar refractivity (Wildman–Crippen MR) is 57.6 cm³/mol. The maximum absolute atomic E-state index is 10.9. The Labute approximate surface area is 96.5 Å². The summed E-state index contributed by atoms with van der Waals surface area (Å²) in [4.78, 5) is 18.5. The highest BCUT2D eigenvalue weighted by atomic mass is 16.5. The number of nitrogens with zero attached hydrogens (tertiary/aromatic N) is 3. The van der Waals surface area contributed by atoms with E-state index in [0.29, 0.717) is 12.3 Å². The predicted octanol–water partition coefficient (Wildman–Crippen LogP) is 1.08. The standard InChI is InChI=1S/C10H10N4O3/c1-6-4-7(17-14-6)5-13-9-8(10(15)16)11-2-3-12-9/h2-4H,5H2,1H3,(H,12,13)(H,15,16). The monoisotopic (exact) mass is 234 g/mol. The van der Waals surface area contributed by atoms with Gasteiger partial charge in [-0.2, -0.15) is 0 Å². The quantitative estimate of drug-likeness (QED) is 0.816. The number of carboxylic acid groups (broad SMARTS) is 1. The van der Waals surface area contributed by atoms with Gasteiger partial charge < -0.3 is 14.9 Å². The lowest BCUT2D eigenvalue weighted by molar-refractivity contribution is 0.0691.